The third-order valence-corrected chi connectivity index (χ3v) is 3.03. The first kappa shape index (κ1) is 11.9. The Bertz CT molecular complexity index is 163. The first-order chi connectivity index (χ1) is 6.63. The van der Waals surface area contributed by atoms with Gasteiger partial charge in [-0.3, -0.25) is 0 Å². The summed E-state index contributed by atoms with van der Waals surface area (Å²) in [7, 11) is 4.27. The lowest BCUT2D eigenvalue weighted by Gasteiger charge is -2.21. The van der Waals surface area contributed by atoms with Gasteiger partial charge in [-0.25, -0.2) is 0 Å². The molecule has 0 radical (unpaired) electrons. The van der Waals surface area contributed by atoms with Crippen LogP contribution in [0, 0.1) is 0 Å². The van der Waals surface area contributed by atoms with Crippen LogP contribution in [0.3, 0.4) is 0 Å². The van der Waals surface area contributed by atoms with E-state index in [1.54, 1.807) is 0 Å². The lowest BCUT2D eigenvalue weighted by molar-refractivity contribution is 0.230. The molecule has 3 N–H and O–H groups in total. The molecule has 0 aliphatic carbocycles. The first-order valence-electron chi connectivity index (χ1n) is 5.38. The third kappa shape index (κ3) is 3.53. The monoisotopic (exact) mass is 201 g/mol. The van der Waals surface area contributed by atoms with E-state index in [9.17, 15) is 0 Å². The number of rotatable bonds is 5. The van der Waals surface area contributed by atoms with Crippen LogP contribution in [0.15, 0.2) is 0 Å². The predicted octanol–water partition coefficient (Wildman–Crippen LogP) is -0.668. The van der Waals surface area contributed by atoms with Crippen molar-refractivity contribution in [2.24, 2.45) is 5.73 Å². The van der Waals surface area contributed by atoms with E-state index >= 15 is 0 Å². The van der Waals surface area contributed by atoms with Gasteiger partial charge >= 0.3 is 0 Å². The van der Waals surface area contributed by atoms with E-state index in [0.29, 0.717) is 6.04 Å². The molecular formula is C10H23N3O. The van der Waals surface area contributed by atoms with Crippen LogP contribution in [0.1, 0.15) is 12.8 Å². The molecule has 4 heteroatoms. The van der Waals surface area contributed by atoms with Crippen molar-refractivity contribution in [2.75, 3.05) is 40.3 Å². The van der Waals surface area contributed by atoms with Crippen molar-refractivity contribution in [3.05, 3.63) is 0 Å². The van der Waals surface area contributed by atoms with Crippen molar-refractivity contribution >= 4 is 0 Å². The Balaban J connectivity index is 2.16. The predicted molar refractivity (Wildman–Crippen MR) is 58.2 cm³/mol. The molecule has 2 atom stereocenters. The molecule has 0 aromatic heterocycles. The molecule has 1 saturated heterocycles. The van der Waals surface area contributed by atoms with E-state index < -0.39 is 0 Å². The highest BCUT2D eigenvalue weighted by Crippen LogP contribution is 2.13. The molecule has 1 heterocycles. The van der Waals surface area contributed by atoms with E-state index in [1.807, 2.05) is 0 Å². The molecule has 0 spiro atoms. The average Bonchev–Trinajstić information content (AvgIpc) is 2.62. The maximum atomic E-state index is 8.80. The highest BCUT2D eigenvalue weighted by Gasteiger charge is 2.23. The van der Waals surface area contributed by atoms with Crippen LogP contribution in [0.25, 0.3) is 0 Å². The Morgan fingerprint density at radius 3 is 2.79 bits per heavy atom. The second-order valence-electron chi connectivity index (χ2n) is 4.44. The average molecular weight is 201 g/mol. The second kappa shape index (κ2) is 5.66. The summed E-state index contributed by atoms with van der Waals surface area (Å²) in [5, 5.41) is 8.80. The number of hydrogen-bond acceptors (Lipinski definition) is 4. The summed E-state index contributed by atoms with van der Waals surface area (Å²) in [5.74, 6) is 0. The lowest BCUT2D eigenvalue weighted by Crippen LogP contribution is -2.34. The minimum atomic E-state index is -0.0478. The molecule has 0 amide bonds. The van der Waals surface area contributed by atoms with E-state index in [4.69, 9.17) is 10.8 Å². The molecule has 0 saturated carbocycles. The number of nitrogens with zero attached hydrogens (tertiary/aromatic N) is 2. The zero-order chi connectivity index (χ0) is 10.6. The molecule has 84 valence electrons. The van der Waals surface area contributed by atoms with Gasteiger partial charge in [0.15, 0.2) is 0 Å². The van der Waals surface area contributed by atoms with Crippen LogP contribution in [0.4, 0.5) is 0 Å². The first-order valence-corrected chi connectivity index (χ1v) is 5.38. The number of likely N-dealkylation sites (tertiary alicyclic amines) is 1. The van der Waals surface area contributed by atoms with Crippen molar-refractivity contribution in [1.82, 2.24) is 9.80 Å². The Hall–Kier alpha value is -0.160. The normalized spacial score (nSPS) is 25.9. The van der Waals surface area contributed by atoms with Gasteiger partial charge in [-0.15, -0.1) is 0 Å². The van der Waals surface area contributed by atoms with Crippen molar-refractivity contribution in [3.63, 3.8) is 0 Å². The number of likely N-dealkylation sites (N-methyl/N-ethyl adjacent to an activating group) is 1. The van der Waals surface area contributed by atoms with E-state index in [-0.39, 0.29) is 12.6 Å². The molecule has 1 rings (SSSR count). The smallest absolute Gasteiger partial charge is 0.0583 e. The number of aliphatic hydroxyl groups is 1. The molecule has 1 aliphatic rings. The molecule has 0 aromatic carbocycles. The van der Waals surface area contributed by atoms with Gasteiger partial charge in [-0.1, -0.05) is 0 Å². The van der Waals surface area contributed by atoms with E-state index in [0.717, 1.165) is 19.5 Å². The Kier molecular flexibility index (Phi) is 4.81. The molecule has 1 fully saturated rings. The zero-order valence-electron chi connectivity index (χ0n) is 9.32. The SMILES string of the molecule is CN(C)C1CCN(CCC(N)CO)C1. The van der Waals surface area contributed by atoms with Gasteiger partial charge in [0, 0.05) is 18.6 Å². The molecule has 14 heavy (non-hydrogen) atoms. The topological polar surface area (TPSA) is 52.7 Å². The van der Waals surface area contributed by atoms with Crippen molar-refractivity contribution in [3.8, 4) is 0 Å². The Labute approximate surface area is 86.7 Å². The summed E-state index contributed by atoms with van der Waals surface area (Å²) in [6.45, 7) is 3.43. The van der Waals surface area contributed by atoms with Gasteiger partial charge in [0.05, 0.1) is 6.61 Å². The van der Waals surface area contributed by atoms with Gasteiger partial charge in [0.25, 0.3) is 0 Å². The number of aliphatic hydroxyl groups excluding tert-OH is 1. The van der Waals surface area contributed by atoms with E-state index in [2.05, 4.69) is 23.9 Å². The minimum absolute atomic E-state index is 0.0478. The molecular weight excluding hydrogens is 178 g/mol. The van der Waals surface area contributed by atoms with Crippen LogP contribution < -0.4 is 5.73 Å². The summed E-state index contributed by atoms with van der Waals surface area (Å²) in [4.78, 5) is 4.71. The summed E-state index contributed by atoms with van der Waals surface area (Å²) in [6.07, 6.45) is 2.15. The van der Waals surface area contributed by atoms with E-state index in [1.165, 1.54) is 13.0 Å². The largest absolute Gasteiger partial charge is 0.395 e. The van der Waals surface area contributed by atoms with Gasteiger partial charge in [-0.05, 0) is 40.0 Å². The fourth-order valence-electron chi connectivity index (χ4n) is 1.88. The summed E-state index contributed by atoms with van der Waals surface area (Å²) >= 11 is 0. The summed E-state index contributed by atoms with van der Waals surface area (Å²) < 4.78 is 0. The Morgan fingerprint density at radius 1 is 1.57 bits per heavy atom. The standard InChI is InChI=1S/C10H23N3O/c1-12(2)10-4-6-13(7-10)5-3-9(11)8-14/h9-10,14H,3-8,11H2,1-2H3. The molecule has 2 unspecified atom stereocenters. The highest BCUT2D eigenvalue weighted by atomic mass is 16.3. The van der Waals surface area contributed by atoms with Crippen LogP contribution in [-0.4, -0.2) is 67.3 Å². The quantitative estimate of drug-likeness (QED) is 0.619. The summed E-state index contributed by atoms with van der Waals surface area (Å²) in [5.41, 5.74) is 5.66. The maximum absolute atomic E-state index is 8.80. The number of hydrogen-bond donors (Lipinski definition) is 2. The fraction of sp³-hybridized carbons (Fsp3) is 1.00. The van der Waals surface area contributed by atoms with Crippen LogP contribution in [0.5, 0.6) is 0 Å². The Morgan fingerprint density at radius 2 is 2.29 bits per heavy atom. The minimum Gasteiger partial charge on any atom is -0.395 e. The van der Waals surface area contributed by atoms with Crippen molar-refractivity contribution in [1.29, 1.82) is 0 Å². The lowest BCUT2D eigenvalue weighted by atomic mass is 10.2. The number of nitrogens with two attached hydrogens (primary N) is 1. The third-order valence-electron chi connectivity index (χ3n) is 3.03. The second-order valence-corrected chi connectivity index (χ2v) is 4.44. The van der Waals surface area contributed by atoms with Crippen LogP contribution in [0.2, 0.25) is 0 Å². The molecule has 1 aliphatic heterocycles. The van der Waals surface area contributed by atoms with Crippen LogP contribution in [-0.2, 0) is 0 Å². The maximum Gasteiger partial charge on any atom is 0.0583 e. The molecule has 0 aromatic rings. The fourth-order valence-corrected chi connectivity index (χ4v) is 1.88. The van der Waals surface area contributed by atoms with Gasteiger partial charge in [-0.2, -0.15) is 0 Å². The van der Waals surface area contributed by atoms with Gasteiger partial charge in [0.2, 0.25) is 0 Å². The summed E-state index contributed by atoms with van der Waals surface area (Å²) in [6, 6.07) is 0.647. The van der Waals surface area contributed by atoms with Gasteiger partial charge < -0.3 is 20.6 Å². The highest BCUT2D eigenvalue weighted by molar-refractivity contribution is 4.81. The zero-order valence-corrected chi connectivity index (χ0v) is 9.32. The van der Waals surface area contributed by atoms with Gasteiger partial charge in [0.1, 0.15) is 0 Å². The van der Waals surface area contributed by atoms with Crippen molar-refractivity contribution in [2.45, 2.75) is 24.9 Å². The molecule has 0 bridgehead atoms. The molecule has 4 nitrogen and oxygen atoms in total. The van der Waals surface area contributed by atoms with Crippen LogP contribution >= 0.6 is 0 Å². The van der Waals surface area contributed by atoms with Crippen molar-refractivity contribution < 1.29 is 5.11 Å².